The maximum atomic E-state index is 10.1. The van der Waals surface area contributed by atoms with Crippen molar-refractivity contribution in [1.29, 1.82) is 5.41 Å². The minimum Gasteiger partial charge on any atom is -0.481 e. The van der Waals surface area contributed by atoms with Crippen LogP contribution in [0.3, 0.4) is 0 Å². The molecule has 0 amide bonds. The van der Waals surface area contributed by atoms with Crippen LogP contribution in [0, 0.1) is 5.41 Å². The van der Waals surface area contributed by atoms with Gasteiger partial charge in [0.1, 0.15) is 0 Å². The normalized spacial score (nSPS) is 9.62. The molecule has 5 nitrogen and oxygen atoms in total. The fourth-order valence-electron chi connectivity index (χ4n) is 0.922. The third-order valence-electron chi connectivity index (χ3n) is 1.80. The fourth-order valence-corrected chi connectivity index (χ4v) is 0.922. The van der Waals surface area contributed by atoms with Crippen LogP contribution in [0.15, 0.2) is 0 Å². The van der Waals surface area contributed by atoms with E-state index in [0.29, 0.717) is 6.42 Å². The molecule has 0 unspecified atom stereocenters. The molecule has 0 saturated heterocycles. The molecule has 0 aromatic heterocycles. The van der Waals surface area contributed by atoms with Crippen molar-refractivity contribution in [3.63, 3.8) is 0 Å². The SMILES string of the molecule is CN(CCCCCC(=O)O)C(=N)N. The maximum absolute atomic E-state index is 10.1. The molecule has 0 aliphatic heterocycles. The molecule has 0 aromatic rings. The van der Waals surface area contributed by atoms with Gasteiger partial charge in [0.25, 0.3) is 0 Å². The highest BCUT2D eigenvalue weighted by molar-refractivity contribution is 5.74. The van der Waals surface area contributed by atoms with Gasteiger partial charge in [-0.1, -0.05) is 6.42 Å². The minimum atomic E-state index is -0.750. The molecule has 0 bridgehead atoms. The number of nitrogens with zero attached hydrogens (tertiary/aromatic N) is 1. The molecular weight excluding hydrogens is 170 g/mol. The lowest BCUT2D eigenvalue weighted by molar-refractivity contribution is -0.137. The average Bonchev–Trinajstić information content (AvgIpc) is 2.02. The van der Waals surface area contributed by atoms with Crippen LogP contribution in [0.25, 0.3) is 0 Å². The van der Waals surface area contributed by atoms with Crippen molar-refractivity contribution in [2.24, 2.45) is 5.73 Å². The van der Waals surface area contributed by atoms with Crippen LogP contribution < -0.4 is 5.73 Å². The first-order chi connectivity index (χ1) is 6.04. The summed E-state index contributed by atoms with van der Waals surface area (Å²) in [5.74, 6) is -0.696. The average molecular weight is 187 g/mol. The van der Waals surface area contributed by atoms with Crippen molar-refractivity contribution in [3.8, 4) is 0 Å². The van der Waals surface area contributed by atoms with E-state index in [0.717, 1.165) is 19.4 Å². The van der Waals surface area contributed by atoms with E-state index in [-0.39, 0.29) is 12.4 Å². The monoisotopic (exact) mass is 187 g/mol. The van der Waals surface area contributed by atoms with E-state index in [4.69, 9.17) is 16.2 Å². The van der Waals surface area contributed by atoms with Gasteiger partial charge in [-0.05, 0) is 12.8 Å². The molecule has 0 aliphatic rings. The van der Waals surface area contributed by atoms with Crippen molar-refractivity contribution in [3.05, 3.63) is 0 Å². The van der Waals surface area contributed by atoms with Crippen molar-refractivity contribution in [2.45, 2.75) is 25.7 Å². The summed E-state index contributed by atoms with van der Waals surface area (Å²) in [6.45, 7) is 0.717. The van der Waals surface area contributed by atoms with Crippen LogP contribution in [-0.2, 0) is 4.79 Å². The summed E-state index contributed by atoms with van der Waals surface area (Å²) in [5.41, 5.74) is 5.21. The van der Waals surface area contributed by atoms with E-state index in [1.54, 1.807) is 11.9 Å². The zero-order valence-electron chi connectivity index (χ0n) is 7.92. The summed E-state index contributed by atoms with van der Waals surface area (Å²) in [7, 11) is 1.75. The van der Waals surface area contributed by atoms with Gasteiger partial charge in [-0.2, -0.15) is 0 Å². The fraction of sp³-hybridized carbons (Fsp3) is 0.750. The third-order valence-corrected chi connectivity index (χ3v) is 1.80. The Morgan fingerprint density at radius 1 is 1.46 bits per heavy atom. The van der Waals surface area contributed by atoms with Crippen molar-refractivity contribution < 1.29 is 9.90 Å². The molecule has 13 heavy (non-hydrogen) atoms. The summed E-state index contributed by atoms with van der Waals surface area (Å²) < 4.78 is 0. The summed E-state index contributed by atoms with van der Waals surface area (Å²) in [4.78, 5) is 11.8. The second kappa shape index (κ2) is 6.28. The maximum Gasteiger partial charge on any atom is 0.303 e. The third kappa shape index (κ3) is 7.11. The van der Waals surface area contributed by atoms with Crippen LogP contribution in [0.5, 0.6) is 0 Å². The minimum absolute atomic E-state index is 0.0539. The van der Waals surface area contributed by atoms with Gasteiger partial charge < -0.3 is 15.7 Å². The lowest BCUT2D eigenvalue weighted by atomic mass is 10.2. The molecular formula is C8H17N3O2. The van der Waals surface area contributed by atoms with E-state index in [9.17, 15) is 4.79 Å². The van der Waals surface area contributed by atoms with Crippen LogP contribution >= 0.6 is 0 Å². The quantitative estimate of drug-likeness (QED) is 0.320. The summed E-state index contributed by atoms with van der Waals surface area (Å²) in [6.07, 6.45) is 2.66. The van der Waals surface area contributed by atoms with Gasteiger partial charge in [0.05, 0.1) is 0 Å². The smallest absolute Gasteiger partial charge is 0.303 e. The molecule has 0 aromatic carbocycles. The van der Waals surface area contributed by atoms with Gasteiger partial charge in [-0.25, -0.2) is 0 Å². The molecule has 4 N–H and O–H groups in total. The summed E-state index contributed by atoms with van der Waals surface area (Å²) in [5, 5.41) is 15.4. The Labute approximate surface area is 78.0 Å². The van der Waals surface area contributed by atoms with E-state index in [1.165, 1.54) is 0 Å². The highest BCUT2D eigenvalue weighted by atomic mass is 16.4. The van der Waals surface area contributed by atoms with Crippen LogP contribution in [0.2, 0.25) is 0 Å². The first kappa shape index (κ1) is 11.7. The van der Waals surface area contributed by atoms with Gasteiger partial charge in [-0.3, -0.25) is 10.2 Å². The predicted molar refractivity (Wildman–Crippen MR) is 50.6 cm³/mol. The Morgan fingerprint density at radius 2 is 2.08 bits per heavy atom. The molecule has 0 atom stereocenters. The Bertz CT molecular complexity index is 182. The molecule has 0 heterocycles. The van der Waals surface area contributed by atoms with Crippen molar-refractivity contribution >= 4 is 11.9 Å². The number of unbranched alkanes of at least 4 members (excludes halogenated alkanes) is 2. The standard InChI is InChI=1S/C8H17N3O2/c1-11(8(9)10)6-4-2-3-5-7(12)13/h2-6H2,1H3,(H3,9,10)(H,12,13). The largest absolute Gasteiger partial charge is 0.481 e. The number of carboxylic acids is 1. The van der Waals surface area contributed by atoms with Gasteiger partial charge >= 0.3 is 5.97 Å². The number of aliphatic carboxylic acids is 1. The van der Waals surface area contributed by atoms with Crippen molar-refractivity contribution in [1.82, 2.24) is 4.90 Å². The summed E-state index contributed by atoms with van der Waals surface area (Å²) >= 11 is 0. The molecule has 5 heteroatoms. The van der Waals surface area contributed by atoms with Crippen LogP contribution in [0.1, 0.15) is 25.7 Å². The van der Waals surface area contributed by atoms with Crippen molar-refractivity contribution in [2.75, 3.05) is 13.6 Å². The highest BCUT2D eigenvalue weighted by Gasteiger charge is 2.00. The molecule has 0 fully saturated rings. The number of carbonyl (C=O) groups is 1. The number of nitrogens with one attached hydrogen (secondary N) is 1. The molecule has 0 aliphatic carbocycles. The molecule has 0 radical (unpaired) electrons. The number of nitrogens with two attached hydrogens (primary N) is 1. The van der Waals surface area contributed by atoms with Crippen LogP contribution in [0.4, 0.5) is 0 Å². The summed E-state index contributed by atoms with van der Waals surface area (Å²) in [6, 6.07) is 0. The first-order valence-electron chi connectivity index (χ1n) is 4.31. The Balaban J connectivity index is 3.26. The molecule has 0 rings (SSSR count). The molecule has 0 spiro atoms. The number of hydrogen-bond acceptors (Lipinski definition) is 2. The lowest BCUT2D eigenvalue weighted by Crippen LogP contribution is -2.33. The number of rotatable bonds is 6. The zero-order valence-corrected chi connectivity index (χ0v) is 7.92. The predicted octanol–water partition coefficient (Wildman–Crippen LogP) is 0.457. The van der Waals surface area contributed by atoms with E-state index in [1.807, 2.05) is 0 Å². The van der Waals surface area contributed by atoms with Gasteiger partial charge in [0, 0.05) is 20.0 Å². The zero-order chi connectivity index (χ0) is 10.3. The second-order valence-corrected chi connectivity index (χ2v) is 3.01. The highest BCUT2D eigenvalue weighted by Crippen LogP contribution is 2.00. The Kier molecular flexibility index (Phi) is 5.67. The number of hydrogen-bond donors (Lipinski definition) is 3. The number of guanidine groups is 1. The Morgan fingerprint density at radius 3 is 2.54 bits per heavy atom. The first-order valence-corrected chi connectivity index (χ1v) is 4.31. The van der Waals surface area contributed by atoms with E-state index >= 15 is 0 Å². The van der Waals surface area contributed by atoms with Gasteiger partial charge in [0.2, 0.25) is 0 Å². The lowest BCUT2D eigenvalue weighted by Gasteiger charge is -2.15. The van der Waals surface area contributed by atoms with E-state index in [2.05, 4.69) is 0 Å². The number of carboxylic acid groups (broad SMARTS) is 1. The van der Waals surface area contributed by atoms with E-state index < -0.39 is 5.97 Å². The second-order valence-electron chi connectivity index (χ2n) is 3.01. The molecule has 0 saturated carbocycles. The Hall–Kier alpha value is -1.26. The van der Waals surface area contributed by atoms with Gasteiger partial charge in [0.15, 0.2) is 5.96 Å². The van der Waals surface area contributed by atoms with Gasteiger partial charge in [-0.15, -0.1) is 0 Å². The molecule has 76 valence electrons. The topological polar surface area (TPSA) is 90.4 Å². The van der Waals surface area contributed by atoms with Crippen LogP contribution in [-0.4, -0.2) is 35.5 Å².